The van der Waals surface area contributed by atoms with Crippen molar-refractivity contribution in [1.82, 2.24) is 4.90 Å². The third-order valence-corrected chi connectivity index (χ3v) is 6.82. The van der Waals surface area contributed by atoms with Gasteiger partial charge in [-0.05, 0) is 53.9 Å². The number of fused-ring (bicyclic) bond motifs is 2. The van der Waals surface area contributed by atoms with Gasteiger partial charge in [0.1, 0.15) is 12.2 Å². The van der Waals surface area contributed by atoms with Gasteiger partial charge in [-0.25, -0.2) is 0 Å². The predicted molar refractivity (Wildman–Crippen MR) is 147 cm³/mol. The molecule has 39 heavy (non-hydrogen) atoms. The SMILES string of the molecule is C=CCOc1ccc(C2c3c(oc4ccccc4c3=O)C(=O)N2CCc2ccc(OC)c(OC)c2)cc1OC. The Morgan fingerprint density at radius 3 is 2.36 bits per heavy atom. The van der Waals surface area contributed by atoms with Gasteiger partial charge in [0, 0.05) is 6.54 Å². The number of methoxy groups -OCH3 is 3. The molecular formula is C31H29NO7. The molecule has 4 aromatic rings. The minimum Gasteiger partial charge on any atom is -0.493 e. The number of para-hydroxylation sites is 1. The molecule has 8 nitrogen and oxygen atoms in total. The number of rotatable bonds is 10. The Bertz CT molecular complexity index is 1610. The van der Waals surface area contributed by atoms with E-state index in [1.807, 2.05) is 24.3 Å². The second-order valence-electron chi connectivity index (χ2n) is 9.02. The van der Waals surface area contributed by atoms with Crippen molar-refractivity contribution < 1.29 is 28.2 Å². The summed E-state index contributed by atoms with van der Waals surface area (Å²) >= 11 is 0. The van der Waals surface area contributed by atoms with Crippen molar-refractivity contribution >= 4 is 16.9 Å². The van der Waals surface area contributed by atoms with Crippen LogP contribution in [-0.4, -0.2) is 45.3 Å². The van der Waals surface area contributed by atoms with Crippen molar-refractivity contribution in [2.24, 2.45) is 0 Å². The third-order valence-electron chi connectivity index (χ3n) is 6.82. The lowest BCUT2D eigenvalue weighted by Gasteiger charge is -2.26. The Balaban J connectivity index is 1.59. The Morgan fingerprint density at radius 1 is 0.897 bits per heavy atom. The predicted octanol–water partition coefficient (Wildman–Crippen LogP) is 5.17. The Labute approximate surface area is 226 Å². The zero-order valence-electron chi connectivity index (χ0n) is 22.1. The van der Waals surface area contributed by atoms with Gasteiger partial charge in [0.05, 0.1) is 38.3 Å². The number of ether oxygens (including phenoxy) is 4. The fourth-order valence-corrected chi connectivity index (χ4v) is 4.95. The van der Waals surface area contributed by atoms with Crippen molar-refractivity contribution in [3.63, 3.8) is 0 Å². The molecule has 0 spiro atoms. The Kier molecular flexibility index (Phi) is 7.27. The summed E-state index contributed by atoms with van der Waals surface area (Å²) in [6.45, 7) is 4.33. The molecule has 0 fully saturated rings. The van der Waals surface area contributed by atoms with Crippen molar-refractivity contribution in [3.05, 3.63) is 106 Å². The number of carbonyl (C=O) groups excluding carboxylic acids is 1. The largest absolute Gasteiger partial charge is 0.493 e. The van der Waals surface area contributed by atoms with Gasteiger partial charge >= 0.3 is 0 Å². The van der Waals surface area contributed by atoms with Gasteiger partial charge in [-0.15, -0.1) is 0 Å². The third kappa shape index (κ3) is 4.69. The first kappa shape index (κ1) is 25.9. The van der Waals surface area contributed by atoms with Crippen LogP contribution in [-0.2, 0) is 6.42 Å². The lowest BCUT2D eigenvalue weighted by Crippen LogP contribution is -2.31. The van der Waals surface area contributed by atoms with E-state index < -0.39 is 6.04 Å². The van der Waals surface area contributed by atoms with Gasteiger partial charge in [-0.1, -0.05) is 36.9 Å². The fourth-order valence-electron chi connectivity index (χ4n) is 4.95. The summed E-state index contributed by atoms with van der Waals surface area (Å²) < 4.78 is 28.1. The number of hydrogen-bond donors (Lipinski definition) is 0. The molecule has 2 heterocycles. The van der Waals surface area contributed by atoms with Crippen LogP contribution >= 0.6 is 0 Å². The standard InChI is InChI=1S/C31H29NO7/c1-5-16-38-24-13-11-20(18-26(24)37-4)28-27-29(33)21-8-6-7-9-22(21)39-30(27)31(34)32(28)15-14-19-10-12-23(35-2)25(17-19)36-3/h5-13,17-18,28H,1,14-16H2,2-4H3. The van der Waals surface area contributed by atoms with Crippen LogP contribution in [0.1, 0.15) is 33.3 Å². The molecule has 1 atom stereocenters. The lowest BCUT2D eigenvalue weighted by atomic mass is 9.97. The fraction of sp³-hybridized carbons (Fsp3) is 0.226. The summed E-state index contributed by atoms with van der Waals surface area (Å²) in [6.07, 6.45) is 2.16. The minimum atomic E-state index is -0.671. The summed E-state index contributed by atoms with van der Waals surface area (Å²) in [4.78, 5) is 29.2. The van der Waals surface area contributed by atoms with Crippen molar-refractivity contribution in [3.8, 4) is 23.0 Å². The van der Waals surface area contributed by atoms with Crippen LogP contribution < -0.4 is 24.4 Å². The molecule has 1 aromatic heterocycles. The second-order valence-corrected chi connectivity index (χ2v) is 9.02. The highest BCUT2D eigenvalue weighted by Gasteiger charge is 2.42. The van der Waals surface area contributed by atoms with E-state index in [4.69, 9.17) is 23.4 Å². The molecule has 8 heteroatoms. The molecule has 0 aliphatic carbocycles. The molecule has 1 aliphatic heterocycles. The number of carbonyl (C=O) groups is 1. The van der Waals surface area contributed by atoms with Crippen LogP contribution in [0.5, 0.6) is 23.0 Å². The highest BCUT2D eigenvalue weighted by molar-refractivity contribution is 5.99. The zero-order valence-corrected chi connectivity index (χ0v) is 22.1. The van der Waals surface area contributed by atoms with Crippen molar-refractivity contribution in [1.29, 1.82) is 0 Å². The highest BCUT2D eigenvalue weighted by atomic mass is 16.5. The van der Waals surface area contributed by atoms with Crippen LogP contribution in [0.2, 0.25) is 0 Å². The first-order chi connectivity index (χ1) is 19.0. The Hall–Kier alpha value is -4.72. The number of hydrogen-bond acceptors (Lipinski definition) is 7. The van der Waals surface area contributed by atoms with E-state index in [9.17, 15) is 9.59 Å². The molecule has 0 N–H and O–H groups in total. The first-order valence-corrected chi connectivity index (χ1v) is 12.5. The van der Waals surface area contributed by atoms with Gasteiger partial charge in [0.25, 0.3) is 5.91 Å². The number of amides is 1. The monoisotopic (exact) mass is 527 g/mol. The van der Waals surface area contributed by atoms with Gasteiger partial charge in [-0.2, -0.15) is 0 Å². The summed E-state index contributed by atoms with van der Waals surface area (Å²) in [5, 5.41) is 0.425. The summed E-state index contributed by atoms with van der Waals surface area (Å²) in [5.74, 6) is 1.96. The molecule has 1 aliphatic rings. The minimum absolute atomic E-state index is 0.0574. The van der Waals surface area contributed by atoms with E-state index in [1.165, 1.54) is 0 Å². The maximum atomic E-state index is 13.8. The molecule has 3 aromatic carbocycles. The molecule has 0 radical (unpaired) electrons. The molecule has 5 rings (SSSR count). The molecule has 0 saturated heterocycles. The van der Waals surface area contributed by atoms with Crippen LogP contribution in [0.4, 0.5) is 0 Å². The van der Waals surface area contributed by atoms with Gasteiger partial charge in [0.15, 0.2) is 28.4 Å². The summed E-state index contributed by atoms with van der Waals surface area (Å²) in [6, 6.07) is 17.3. The van der Waals surface area contributed by atoms with E-state index in [0.717, 1.165) is 5.56 Å². The Morgan fingerprint density at radius 2 is 1.62 bits per heavy atom. The van der Waals surface area contributed by atoms with E-state index in [0.29, 0.717) is 64.7 Å². The molecule has 200 valence electrons. The molecule has 1 amide bonds. The van der Waals surface area contributed by atoms with Crippen LogP contribution in [0.15, 0.2) is 82.5 Å². The lowest BCUT2D eigenvalue weighted by molar-refractivity contribution is 0.0730. The highest BCUT2D eigenvalue weighted by Crippen LogP contribution is 2.41. The zero-order chi connectivity index (χ0) is 27.5. The van der Waals surface area contributed by atoms with E-state index in [2.05, 4.69) is 6.58 Å². The number of nitrogens with zero attached hydrogens (tertiary/aromatic N) is 1. The summed E-state index contributed by atoms with van der Waals surface area (Å²) in [5.41, 5.74) is 2.11. The van der Waals surface area contributed by atoms with Crippen LogP contribution in [0.25, 0.3) is 11.0 Å². The number of benzene rings is 3. The molecule has 0 bridgehead atoms. The summed E-state index contributed by atoms with van der Waals surface area (Å²) in [7, 11) is 4.71. The smallest absolute Gasteiger partial charge is 0.290 e. The maximum Gasteiger partial charge on any atom is 0.290 e. The van der Waals surface area contributed by atoms with E-state index in [1.54, 1.807) is 68.7 Å². The topological polar surface area (TPSA) is 87.4 Å². The van der Waals surface area contributed by atoms with Gasteiger partial charge < -0.3 is 28.3 Å². The van der Waals surface area contributed by atoms with Crippen molar-refractivity contribution in [2.45, 2.75) is 12.5 Å². The van der Waals surface area contributed by atoms with E-state index in [-0.39, 0.29) is 17.1 Å². The van der Waals surface area contributed by atoms with Crippen molar-refractivity contribution in [2.75, 3.05) is 34.5 Å². The van der Waals surface area contributed by atoms with Crippen LogP contribution in [0, 0.1) is 0 Å². The molecule has 0 saturated carbocycles. The van der Waals surface area contributed by atoms with Crippen LogP contribution in [0.3, 0.4) is 0 Å². The maximum absolute atomic E-state index is 13.8. The molecular weight excluding hydrogens is 498 g/mol. The molecule has 1 unspecified atom stereocenters. The van der Waals surface area contributed by atoms with E-state index >= 15 is 0 Å². The first-order valence-electron chi connectivity index (χ1n) is 12.5. The van der Waals surface area contributed by atoms with Gasteiger partial charge in [-0.3, -0.25) is 9.59 Å². The van der Waals surface area contributed by atoms with Gasteiger partial charge in [0.2, 0.25) is 5.76 Å². The quantitative estimate of drug-likeness (QED) is 0.263. The second kappa shape index (κ2) is 10.9. The average molecular weight is 528 g/mol. The average Bonchev–Trinajstić information content (AvgIpc) is 3.25. The normalized spacial score (nSPS) is 14.3.